The van der Waals surface area contributed by atoms with Crippen LogP contribution >= 0.6 is 0 Å². The van der Waals surface area contributed by atoms with Crippen LogP contribution in [0.25, 0.3) is 10.9 Å². The van der Waals surface area contributed by atoms with Crippen molar-refractivity contribution in [2.75, 3.05) is 18.0 Å². The Balaban J connectivity index is 1.96. The Morgan fingerprint density at radius 1 is 1.43 bits per heavy atom. The number of hydrogen-bond donors (Lipinski definition) is 1. The first-order chi connectivity index (χ1) is 10.1. The van der Waals surface area contributed by atoms with Gasteiger partial charge in [-0.3, -0.25) is 9.48 Å². The maximum atomic E-state index is 11.1. The molecule has 6 nitrogen and oxygen atoms in total. The summed E-state index contributed by atoms with van der Waals surface area (Å²) in [5.74, 6) is 0.0207. The number of aryl methyl sites for hydroxylation is 2. The van der Waals surface area contributed by atoms with Crippen LogP contribution in [0.4, 0.5) is 5.82 Å². The number of piperidine rings is 1. The molecule has 0 aromatic carbocycles. The molecule has 6 heteroatoms. The molecule has 1 saturated heterocycles. The van der Waals surface area contributed by atoms with Gasteiger partial charge in [0.25, 0.3) is 0 Å². The van der Waals surface area contributed by atoms with E-state index in [0.29, 0.717) is 12.8 Å². The summed E-state index contributed by atoms with van der Waals surface area (Å²) in [4.78, 5) is 17.8. The lowest BCUT2D eigenvalue weighted by molar-refractivity contribution is -0.142. The minimum Gasteiger partial charge on any atom is -0.481 e. The molecule has 0 spiro atoms. The van der Waals surface area contributed by atoms with E-state index in [1.165, 1.54) is 0 Å². The molecule has 0 bridgehead atoms. The lowest BCUT2D eigenvalue weighted by Crippen LogP contribution is -2.37. The van der Waals surface area contributed by atoms with Crippen molar-refractivity contribution in [2.24, 2.45) is 5.92 Å². The molecule has 0 atom stereocenters. The fourth-order valence-corrected chi connectivity index (χ4v) is 3.07. The monoisotopic (exact) mass is 288 g/mol. The van der Waals surface area contributed by atoms with Gasteiger partial charge in [0, 0.05) is 31.2 Å². The van der Waals surface area contributed by atoms with Crippen LogP contribution < -0.4 is 4.90 Å². The quantitative estimate of drug-likeness (QED) is 0.936. The molecule has 1 N–H and O–H groups in total. The van der Waals surface area contributed by atoms with Crippen molar-refractivity contribution in [3.63, 3.8) is 0 Å². The standard InChI is InChI=1S/C15H20N4O2/c1-3-19-13-12(10(2)17-19)4-7-16-14(13)18-8-5-11(6-9-18)15(20)21/h4,7,11H,3,5-6,8-9H2,1-2H3,(H,20,21). The number of rotatable bonds is 3. The largest absolute Gasteiger partial charge is 0.481 e. The number of pyridine rings is 1. The molecule has 0 aliphatic carbocycles. The van der Waals surface area contributed by atoms with Crippen molar-refractivity contribution >= 4 is 22.7 Å². The maximum Gasteiger partial charge on any atom is 0.306 e. The van der Waals surface area contributed by atoms with E-state index < -0.39 is 5.97 Å². The van der Waals surface area contributed by atoms with Crippen LogP contribution in [-0.4, -0.2) is 38.9 Å². The topological polar surface area (TPSA) is 71.2 Å². The van der Waals surface area contributed by atoms with Gasteiger partial charge in [-0.1, -0.05) is 0 Å². The summed E-state index contributed by atoms with van der Waals surface area (Å²) in [6, 6.07) is 2.00. The van der Waals surface area contributed by atoms with Crippen LogP contribution in [0.2, 0.25) is 0 Å². The summed E-state index contributed by atoms with van der Waals surface area (Å²) in [6.07, 6.45) is 3.16. The molecule has 1 fully saturated rings. The molecule has 1 aliphatic heterocycles. The average molecular weight is 288 g/mol. The Labute approximate surface area is 123 Å². The minimum absolute atomic E-state index is 0.224. The molecular weight excluding hydrogens is 268 g/mol. The maximum absolute atomic E-state index is 11.1. The number of carbonyl (C=O) groups is 1. The highest BCUT2D eigenvalue weighted by molar-refractivity contribution is 5.91. The van der Waals surface area contributed by atoms with Gasteiger partial charge in [0.2, 0.25) is 0 Å². The van der Waals surface area contributed by atoms with Crippen LogP contribution in [0.3, 0.4) is 0 Å². The Bertz CT molecular complexity index is 672. The second-order valence-electron chi connectivity index (χ2n) is 5.53. The highest BCUT2D eigenvalue weighted by atomic mass is 16.4. The van der Waals surface area contributed by atoms with Gasteiger partial charge in [-0.2, -0.15) is 5.10 Å². The number of nitrogens with zero attached hydrogens (tertiary/aromatic N) is 4. The Morgan fingerprint density at radius 2 is 2.14 bits per heavy atom. The number of aliphatic carboxylic acids is 1. The molecule has 21 heavy (non-hydrogen) atoms. The molecular formula is C15H20N4O2. The summed E-state index contributed by atoms with van der Waals surface area (Å²) in [7, 11) is 0. The van der Waals surface area contributed by atoms with E-state index in [2.05, 4.69) is 21.9 Å². The summed E-state index contributed by atoms with van der Waals surface area (Å²) in [6.45, 7) is 6.34. The third kappa shape index (κ3) is 2.34. The van der Waals surface area contributed by atoms with E-state index in [0.717, 1.165) is 42.0 Å². The smallest absolute Gasteiger partial charge is 0.306 e. The fourth-order valence-electron chi connectivity index (χ4n) is 3.07. The number of fused-ring (bicyclic) bond motifs is 1. The molecule has 0 amide bonds. The van der Waals surface area contributed by atoms with E-state index >= 15 is 0 Å². The predicted octanol–water partition coefficient (Wildman–Crippen LogP) is 2.06. The average Bonchev–Trinajstić information content (AvgIpc) is 2.84. The van der Waals surface area contributed by atoms with Crippen LogP contribution in [-0.2, 0) is 11.3 Å². The van der Waals surface area contributed by atoms with Crippen LogP contribution in [0.1, 0.15) is 25.5 Å². The van der Waals surface area contributed by atoms with Crippen LogP contribution in [0.5, 0.6) is 0 Å². The molecule has 0 saturated carbocycles. The third-order valence-corrected chi connectivity index (χ3v) is 4.27. The Hall–Kier alpha value is -2.11. The van der Waals surface area contributed by atoms with Crippen LogP contribution in [0, 0.1) is 12.8 Å². The predicted molar refractivity (Wildman–Crippen MR) is 80.5 cm³/mol. The number of carboxylic acids is 1. The van der Waals surface area contributed by atoms with Gasteiger partial charge in [-0.15, -0.1) is 0 Å². The van der Waals surface area contributed by atoms with Gasteiger partial charge in [-0.05, 0) is 32.8 Å². The Morgan fingerprint density at radius 3 is 2.76 bits per heavy atom. The number of anilines is 1. The van der Waals surface area contributed by atoms with E-state index in [4.69, 9.17) is 5.11 Å². The van der Waals surface area contributed by atoms with E-state index in [1.54, 1.807) is 0 Å². The summed E-state index contributed by atoms with van der Waals surface area (Å²) in [5, 5.41) is 14.8. The SMILES string of the molecule is CCn1nc(C)c2ccnc(N3CCC(C(=O)O)CC3)c21. The van der Waals surface area contributed by atoms with E-state index in [-0.39, 0.29) is 5.92 Å². The normalized spacial score (nSPS) is 16.6. The van der Waals surface area contributed by atoms with Crippen molar-refractivity contribution < 1.29 is 9.90 Å². The van der Waals surface area contributed by atoms with Gasteiger partial charge in [0.05, 0.1) is 11.6 Å². The number of aromatic nitrogens is 3. The molecule has 3 heterocycles. The first-order valence-electron chi connectivity index (χ1n) is 7.41. The zero-order valence-corrected chi connectivity index (χ0v) is 12.4. The van der Waals surface area contributed by atoms with Gasteiger partial charge in [-0.25, -0.2) is 4.98 Å². The highest BCUT2D eigenvalue weighted by Crippen LogP contribution is 2.29. The van der Waals surface area contributed by atoms with Crippen molar-refractivity contribution in [1.82, 2.24) is 14.8 Å². The summed E-state index contributed by atoms with van der Waals surface area (Å²) < 4.78 is 1.98. The minimum atomic E-state index is -0.685. The lowest BCUT2D eigenvalue weighted by atomic mass is 9.97. The zero-order valence-electron chi connectivity index (χ0n) is 12.4. The summed E-state index contributed by atoms with van der Waals surface area (Å²) in [5.41, 5.74) is 2.07. The second kappa shape index (κ2) is 5.35. The van der Waals surface area contributed by atoms with Crippen molar-refractivity contribution in [1.29, 1.82) is 0 Å². The van der Waals surface area contributed by atoms with Crippen molar-refractivity contribution in [3.8, 4) is 0 Å². The molecule has 2 aromatic rings. The van der Waals surface area contributed by atoms with Gasteiger partial charge >= 0.3 is 5.97 Å². The van der Waals surface area contributed by atoms with Crippen molar-refractivity contribution in [3.05, 3.63) is 18.0 Å². The lowest BCUT2D eigenvalue weighted by Gasteiger charge is -2.31. The molecule has 0 unspecified atom stereocenters. The highest BCUT2D eigenvalue weighted by Gasteiger charge is 2.26. The zero-order chi connectivity index (χ0) is 15.0. The fraction of sp³-hybridized carbons (Fsp3) is 0.533. The molecule has 1 aliphatic rings. The molecule has 0 radical (unpaired) electrons. The summed E-state index contributed by atoms with van der Waals surface area (Å²) >= 11 is 0. The van der Waals surface area contributed by atoms with E-state index in [1.807, 2.05) is 23.9 Å². The molecule has 112 valence electrons. The molecule has 2 aromatic heterocycles. The van der Waals surface area contributed by atoms with Gasteiger partial charge < -0.3 is 10.0 Å². The second-order valence-corrected chi connectivity index (χ2v) is 5.53. The Kier molecular flexibility index (Phi) is 3.53. The van der Waals surface area contributed by atoms with E-state index in [9.17, 15) is 4.79 Å². The van der Waals surface area contributed by atoms with Gasteiger partial charge in [0.15, 0.2) is 5.82 Å². The van der Waals surface area contributed by atoms with Crippen LogP contribution in [0.15, 0.2) is 12.3 Å². The van der Waals surface area contributed by atoms with Gasteiger partial charge in [0.1, 0.15) is 5.52 Å². The van der Waals surface area contributed by atoms with Crippen molar-refractivity contribution in [2.45, 2.75) is 33.2 Å². The number of carboxylic acid groups (broad SMARTS) is 1. The third-order valence-electron chi connectivity index (χ3n) is 4.27. The number of hydrogen-bond acceptors (Lipinski definition) is 4. The molecule has 3 rings (SSSR count). The first-order valence-corrected chi connectivity index (χ1v) is 7.41. The first kappa shape index (κ1) is 13.9.